The van der Waals surface area contributed by atoms with E-state index in [1.54, 1.807) is 48.5 Å². The van der Waals surface area contributed by atoms with Gasteiger partial charge in [-0.2, -0.15) is 0 Å². The molecule has 2 rings (SSSR count). The molecule has 2 amide bonds. The van der Waals surface area contributed by atoms with Crippen molar-refractivity contribution in [3.8, 4) is 11.5 Å². The van der Waals surface area contributed by atoms with Crippen LogP contribution in [0.15, 0.2) is 48.5 Å². The maximum atomic E-state index is 12.1. The van der Waals surface area contributed by atoms with Crippen molar-refractivity contribution >= 4 is 19.5 Å². The van der Waals surface area contributed by atoms with E-state index in [1.807, 2.05) is 0 Å². The first-order valence-electron chi connectivity index (χ1n) is 8.06. The van der Waals surface area contributed by atoms with E-state index in [-0.39, 0.29) is 19.5 Å². The minimum absolute atomic E-state index is 0.0878. The Hall–Kier alpha value is -3.04. The second-order valence-corrected chi connectivity index (χ2v) is 5.43. The van der Waals surface area contributed by atoms with Gasteiger partial charge in [0.25, 0.3) is 11.8 Å². The van der Waals surface area contributed by atoms with Gasteiger partial charge >= 0.3 is 7.69 Å². The highest BCUT2D eigenvalue weighted by Crippen LogP contribution is 2.17. The predicted molar refractivity (Wildman–Crippen MR) is 99.5 cm³/mol. The van der Waals surface area contributed by atoms with E-state index >= 15 is 0 Å². The normalized spacial score (nSPS) is 10.1. The quantitative estimate of drug-likeness (QED) is 0.518. The molecule has 0 spiro atoms. The molecule has 0 radical (unpaired) electrons. The number of hydroxylamine groups is 4. The maximum absolute atomic E-state index is 12.1. The van der Waals surface area contributed by atoms with Crippen LogP contribution in [0.5, 0.6) is 11.5 Å². The third-order valence-electron chi connectivity index (χ3n) is 3.73. The second kappa shape index (κ2) is 9.60. The smallest absolute Gasteiger partial charge is 0.529 e. The fourth-order valence-corrected chi connectivity index (χ4v) is 2.13. The van der Waals surface area contributed by atoms with Crippen molar-refractivity contribution in [2.75, 3.05) is 28.3 Å². The Morgan fingerprint density at radius 2 is 1.19 bits per heavy atom. The van der Waals surface area contributed by atoms with E-state index in [1.165, 1.54) is 28.3 Å². The second-order valence-electron chi connectivity index (χ2n) is 5.43. The van der Waals surface area contributed by atoms with E-state index in [9.17, 15) is 9.59 Å². The molecule has 8 nitrogen and oxygen atoms in total. The van der Waals surface area contributed by atoms with Crippen LogP contribution in [0.2, 0.25) is 0 Å². The van der Waals surface area contributed by atoms with Crippen LogP contribution < -0.4 is 9.31 Å². The van der Waals surface area contributed by atoms with Crippen LogP contribution in [0.3, 0.4) is 0 Å². The molecule has 2 aromatic rings. The molecule has 0 unspecified atom stereocenters. The molecule has 0 aromatic heterocycles. The van der Waals surface area contributed by atoms with Gasteiger partial charge in [0.05, 0.1) is 14.2 Å². The van der Waals surface area contributed by atoms with Crippen molar-refractivity contribution in [1.82, 2.24) is 10.1 Å². The molecule has 0 N–H and O–H groups in total. The summed E-state index contributed by atoms with van der Waals surface area (Å²) in [7, 11) is 5.78. The minimum atomic E-state index is -0.294. The first-order chi connectivity index (χ1) is 13.0. The number of carbonyl (C=O) groups is 2. The summed E-state index contributed by atoms with van der Waals surface area (Å²) in [6.07, 6.45) is 0. The average Bonchev–Trinajstić information content (AvgIpc) is 2.71. The van der Waals surface area contributed by atoms with E-state index in [2.05, 4.69) is 0 Å². The predicted octanol–water partition coefficient (Wildman–Crippen LogP) is 1.68. The number of carbonyl (C=O) groups excluding carboxylic acids is 2. The minimum Gasteiger partial charge on any atom is -0.529 e. The van der Waals surface area contributed by atoms with Gasteiger partial charge in [-0.05, 0) is 36.4 Å². The molecule has 0 saturated carbocycles. The van der Waals surface area contributed by atoms with Crippen LogP contribution in [-0.2, 0) is 9.68 Å². The molecular weight excluding hydrogens is 351 g/mol. The third-order valence-corrected chi connectivity index (χ3v) is 3.73. The van der Waals surface area contributed by atoms with Gasteiger partial charge in [0.15, 0.2) is 0 Å². The number of hydrogen-bond donors (Lipinski definition) is 0. The summed E-state index contributed by atoms with van der Waals surface area (Å²) in [6, 6.07) is 13.3. The molecule has 142 valence electrons. The number of benzene rings is 2. The zero-order chi connectivity index (χ0) is 19.8. The van der Waals surface area contributed by atoms with Crippen LogP contribution >= 0.6 is 0 Å². The average molecular weight is 372 g/mol. The number of hydrogen-bond acceptors (Lipinski definition) is 6. The summed E-state index contributed by atoms with van der Waals surface area (Å²) in [4.78, 5) is 33.9. The SMILES string of the molecule is CON(C)C(=O)c1cccc(OBOc2cccc(C(=O)N(C)OC)c2)c1. The molecule has 0 aliphatic heterocycles. The van der Waals surface area contributed by atoms with E-state index in [4.69, 9.17) is 19.0 Å². The van der Waals surface area contributed by atoms with Crippen molar-refractivity contribution in [2.24, 2.45) is 0 Å². The Morgan fingerprint density at radius 3 is 1.56 bits per heavy atom. The van der Waals surface area contributed by atoms with Crippen molar-refractivity contribution in [2.45, 2.75) is 0 Å². The Balaban J connectivity index is 1.97. The largest absolute Gasteiger partial charge is 0.576 e. The van der Waals surface area contributed by atoms with Gasteiger partial charge in [0.1, 0.15) is 11.5 Å². The molecule has 0 saturated heterocycles. The fraction of sp³-hybridized carbons (Fsp3) is 0.222. The zero-order valence-corrected chi connectivity index (χ0v) is 15.7. The lowest BCUT2D eigenvalue weighted by molar-refractivity contribution is -0.0757. The third kappa shape index (κ3) is 5.47. The van der Waals surface area contributed by atoms with Gasteiger partial charge < -0.3 is 9.31 Å². The summed E-state index contributed by atoms with van der Waals surface area (Å²) in [5, 5.41) is 2.24. The van der Waals surface area contributed by atoms with Gasteiger partial charge in [-0.1, -0.05) is 12.1 Å². The summed E-state index contributed by atoms with van der Waals surface area (Å²) in [6.45, 7) is 0. The van der Waals surface area contributed by atoms with E-state index in [0.29, 0.717) is 22.6 Å². The van der Waals surface area contributed by atoms with Gasteiger partial charge in [0.2, 0.25) is 0 Å². The topological polar surface area (TPSA) is 77.5 Å². The molecule has 0 aliphatic rings. The molecule has 0 atom stereocenters. The molecule has 0 bridgehead atoms. The lowest BCUT2D eigenvalue weighted by atomic mass is 10.2. The molecule has 0 heterocycles. The maximum Gasteiger partial charge on any atom is 0.576 e. The highest BCUT2D eigenvalue weighted by Gasteiger charge is 2.13. The van der Waals surface area contributed by atoms with Gasteiger partial charge in [0, 0.05) is 25.2 Å². The molecule has 9 heteroatoms. The Labute approximate surface area is 158 Å². The lowest BCUT2D eigenvalue weighted by Gasteiger charge is -2.15. The van der Waals surface area contributed by atoms with Crippen LogP contribution in [0.1, 0.15) is 20.7 Å². The first kappa shape index (κ1) is 20.3. The van der Waals surface area contributed by atoms with E-state index in [0.717, 1.165) is 10.1 Å². The van der Waals surface area contributed by atoms with Crippen molar-refractivity contribution in [1.29, 1.82) is 0 Å². The van der Waals surface area contributed by atoms with Gasteiger partial charge in [-0.25, -0.2) is 10.1 Å². The molecular formula is C18H21BN2O6. The molecule has 2 aromatic carbocycles. The van der Waals surface area contributed by atoms with Crippen molar-refractivity contribution < 1.29 is 28.6 Å². The van der Waals surface area contributed by atoms with Crippen LogP contribution in [0.25, 0.3) is 0 Å². The fourth-order valence-electron chi connectivity index (χ4n) is 2.13. The molecule has 0 aliphatic carbocycles. The first-order valence-corrected chi connectivity index (χ1v) is 8.06. The van der Waals surface area contributed by atoms with Gasteiger partial charge in [-0.15, -0.1) is 0 Å². The van der Waals surface area contributed by atoms with Crippen molar-refractivity contribution in [3.05, 3.63) is 59.7 Å². The monoisotopic (exact) mass is 372 g/mol. The zero-order valence-electron chi connectivity index (χ0n) is 15.7. The van der Waals surface area contributed by atoms with Crippen LogP contribution in [0, 0.1) is 0 Å². The summed E-state index contributed by atoms with van der Waals surface area (Å²) in [5.74, 6) is 0.350. The number of nitrogens with zero attached hydrogens (tertiary/aromatic N) is 2. The number of amides is 2. The summed E-state index contributed by atoms with van der Waals surface area (Å²) >= 11 is 0. The lowest BCUT2D eigenvalue weighted by Crippen LogP contribution is -2.25. The van der Waals surface area contributed by atoms with Gasteiger partial charge in [-0.3, -0.25) is 19.3 Å². The van der Waals surface area contributed by atoms with Crippen LogP contribution in [-0.4, -0.2) is 57.9 Å². The van der Waals surface area contributed by atoms with Crippen LogP contribution in [0.4, 0.5) is 0 Å². The van der Waals surface area contributed by atoms with Crippen molar-refractivity contribution in [3.63, 3.8) is 0 Å². The Kier molecular flexibility index (Phi) is 7.21. The number of rotatable bonds is 8. The molecule has 0 fully saturated rings. The summed E-state index contributed by atoms with van der Waals surface area (Å²) < 4.78 is 11.1. The Morgan fingerprint density at radius 1 is 0.778 bits per heavy atom. The molecule has 27 heavy (non-hydrogen) atoms. The highest BCUT2D eigenvalue weighted by molar-refractivity contribution is 6.20. The standard InChI is InChI=1S/C18H21BN2O6/c1-20(24-3)17(22)13-7-5-9-15(11-13)26-19-27-16-10-6-8-14(12-16)18(23)21(2)25-4/h5-12,19H,1-4H3. The highest BCUT2D eigenvalue weighted by atomic mass is 16.7. The summed E-state index contributed by atoms with van der Waals surface area (Å²) in [5.41, 5.74) is 0.846. The van der Waals surface area contributed by atoms with E-state index < -0.39 is 0 Å². The Bertz CT molecular complexity index is 735.